The van der Waals surface area contributed by atoms with Crippen LogP contribution in [0.2, 0.25) is 0 Å². The largest absolute Gasteiger partial charge is 0.475 e. The number of carboxylic acids is 1. The highest BCUT2D eigenvalue weighted by molar-refractivity contribution is 7.89. The normalized spacial score (nSPS) is 16.7. The highest BCUT2D eigenvalue weighted by Gasteiger charge is 2.28. The first kappa shape index (κ1) is 16.0. The number of hydrogen-bond donors (Lipinski definition) is 1. The summed E-state index contributed by atoms with van der Waals surface area (Å²) in [4.78, 5) is 13.0. The number of carboxylic acid groups (broad SMARTS) is 1. The van der Waals surface area contributed by atoms with Gasteiger partial charge in [-0.1, -0.05) is 0 Å². The summed E-state index contributed by atoms with van der Waals surface area (Å²) in [5.41, 5.74) is 0. The van der Waals surface area contributed by atoms with Gasteiger partial charge in [-0.3, -0.25) is 0 Å². The number of likely N-dealkylation sites (tertiary alicyclic amines) is 1. The number of aromatic carboxylic acids is 1. The SMILES string of the molecule is Cc1oc(C(=O)O)cc1S(=O)(=O)N(C)CCN1CCCC1. The van der Waals surface area contributed by atoms with Crippen LogP contribution in [0.1, 0.15) is 29.2 Å². The molecule has 1 aliphatic heterocycles. The molecule has 2 heterocycles. The third kappa shape index (κ3) is 3.45. The van der Waals surface area contributed by atoms with Gasteiger partial charge in [0.15, 0.2) is 0 Å². The van der Waals surface area contributed by atoms with Crippen LogP contribution in [0.3, 0.4) is 0 Å². The van der Waals surface area contributed by atoms with Gasteiger partial charge in [0.25, 0.3) is 0 Å². The molecule has 1 fully saturated rings. The first-order chi connectivity index (χ1) is 9.82. The number of hydrogen-bond acceptors (Lipinski definition) is 5. The van der Waals surface area contributed by atoms with E-state index in [2.05, 4.69) is 4.90 Å². The van der Waals surface area contributed by atoms with Gasteiger partial charge in [0.1, 0.15) is 10.7 Å². The zero-order valence-corrected chi connectivity index (χ0v) is 13.0. The van der Waals surface area contributed by atoms with Crippen LogP contribution >= 0.6 is 0 Å². The zero-order valence-electron chi connectivity index (χ0n) is 12.2. The zero-order chi connectivity index (χ0) is 15.6. The fourth-order valence-corrected chi connectivity index (χ4v) is 3.72. The molecule has 7 nitrogen and oxygen atoms in total. The fraction of sp³-hybridized carbons (Fsp3) is 0.615. The summed E-state index contributed by atoms with van der Waals surface area (Å²) in [6.45, 7) is 4.50. The van der Waals surface area contributed by atoms with Crippen molar-refractivity contribution in [3.63, 3.8) is 0 Å². The van der Waals surface area contributed by atoms with Crippen LogP contribution in [0.4, 0.5) is 0 Å². The molecular formula is C13H20N2O5S. The van der Waals surface area contributed by atoms with E-state index in [9.17, 15) is 13.2 Å². The number of sulfonamides is 1. The minimum absolute atomic E-state index is 0.0798. The van der Waals surface area contributed by atoms with Gasteiger partial charge in [-0.2, -0.15) is 4.31 Å². The van der Waals surface area contributed by atoms with Gasteiger partial charge in [-0.05, 0) is 32.9 Å². The molecule has 1 aromatic rings. The molecule has 1 aromatic heterocycles. The standard InChI is InChI=1S/C13H20N2O5S/c1-10-12(9-11(20-10)13(16)17)21(18,19)14(2)7-8-15-5-3-4-6-15/h9H,3-8H2,1-2H3,(H,16,17). The molecule has 0 spiro atoms. The smallest absolute Gasteiger partial charge is 0.371 e. The van der Waals surface area contributed by atoms with Crippen molar-refractivity contribution in [3.05, 3.63) is 17.6 Å². The molecule has 21 heavy (non-hydrogen) atoms. The summed E-state index contributed by atoms with van der Waals surface area (Å²) in [5, 5.41) is 8.86. The third-order valence-electron chi connectivity index (χ3n) is 3.70. The van der Waals surface area contributed by atoms with Crippen molar-refractivity contribution >= 4 is 16.0 Å². The number of likely N-dealkylation sites (N-methyl/N-ethyl adjacent to an activating group) is 1. The first-order valence-electron chi connectivity index (χ1n) is 6.85. The number of aryl methyl sites for hydroxylation is 1. The second kappa shape index (κ2) is 6.17. The summed E-state index contributed by atoms with van der Waals surface area (Å²) in [5.74, 6) is -1.54. The number of carbonyl (C=O) groups is 1. The van der Waals surface area contributed by atoms with Crippen molar-refractivity contribution in [3.8, 4) is 0 Å². The molecule has 1 aliphatic rings. The Morgan fingerprint density at radius 1 is 1.43 bits per heavy atom. The first-order valence-corrected chi connectivity index (χ1v) is 8.29. The maximum atomic E-state index is 12.4. The molecule has 8 heteroatoms. The lowest BCUT2D eigenvalue weighted by Gasteiger charge is -2.20. The van der Waals surface area contributed by atoms with Gasteiger partial charge < -0.3 is 14.4 Å². The molecule has 0 amide bonds. The minimum Gasteiger partial charge on any atom is -0.475 e. The van der Waals surface area contributed by atoms with Gasteiger partial charge in [0.05, 0.1) is 0 Å². The van der Waals surface area contributed by atoms with Crippen molar-refractivity contribution in [2.45, 2.75) is 24.7 Å². The predicted octanol–water partition coefficient (Wildman–Crippen LogP) is 1.00. The van der Waals surface area contributed by atoms with E-state index >= 15 is 0 Å². The van der Waals surface area contributed by atoms with Crippen LogP contribution in [-0.2, 0) is 10.0 Å². The van der Waals surface area contributed by atoms with Crippen molar-refractivity contribution in [2.24, 2.45) is 0 Å². The van der Waals surface area contributed by atoms with Gasteiger partial charge in [0, 0.05) is 26.2 Å². The van der Waals surface area contributed by atoms with Crippen molar-refractivity contribution in [2.75, 3.05) is 33.2 Å². The molecule has 0 atom stereocenters. The average molecular weight is 316 g/mol. The quantitative estimate of drug-likeness (QED) is 0.842. The van der Waals surface area contributed by atoms with E-state index in [-0.39, 0.29) is 16.4 Å². The average Bonchev–Trinajstić information content (AvgIpc) is 3.04. The van der Waals surface area contributed by atoms with Gasteiger partial charge in [-0.15, -0.1) is 0 Å². The van der Waals surface area contributed by atoms with Crippen LogP contribution in [0.25, 0.3) is 0 Å². The molecule has 118 valence electrons. The molecule has 0 unspecified atom stereocenters. The number of furan rings is 1. The maximum Gasteiger partial charge on any atom is 0.371 e. The van der Waals surface area contributed by atoms with E-state index in [1.165, 1.54) is 18.3 Å². The molecular weight excluding hydrogens is 296 g/mol. The van der Waals surface area contributed by atoms with E-state index in [1.807, 2.05) is 0 Å². The van der Waals surface area contributed by atoms with E-state index in [4.69, 9.17) is 9.52 Å². The van der Waals surface area contributed by atoms with Crippen LogP contribution < -0.4 is 0 Å². The summed E-state index contributed by atoms with van der Waals surface area (Å²) in [7, 11) is -2.23. The van der Waals surface area contributed by atoms with E-state index in [0.717, 1.165) is 32.0 Å². The number of nitrogens with zero attached hydrogens (tertiary/aromatic N) is 2. The lowest BCUT2D eigenvalue weighted by molar-refractivity contribution is 0.0661. The monoisotopic (exact) mass is 316 g/mol. The Labute approximate surface area is 124 Å². The second-order valence-corrected chi connectivity index (χ2v) is 7.22. The van der Waals surface area contributed by atoms with E-state index < -0.39 is 16.0 Å². The fourth-order valence-electron chi connectivity index (χ4n) is 2.40. The summed E-state index contributed by atoms with van der Waals surface area (Å²) in [6, 6.07) is 1.07. The Balaban J connectivity index is 2.10. The molecule has 1 N–H and O–H groups in total. The Hall–Kier alpha value is -1.38. The van der Waals surface area contributed by atoms with Gasteiger partial charge >= 0.3 is 5.97 Å². The van der Waals surface area contributed by atoms with Gasteiger partial charge in [0.2, 0.25) is 15.8 Å². The molecule has 1 saturated heterocycles. The number of rotatable bonds is 6. The van der Waals surface area contributed by atoms with Crippen LogP contribution in [0, 0.1) is 6.92 Å². The Morgan fingerprint density at radius 3 is 2.57 bits per heavy atom. The summed E-state index contributed by atoms with van der Waals surface area (Å²) >= 11 is 0. The van der Waals surface area contributed by atoms with Crippen LogP contribution in [-0.4, -0.2) is 61.9 Å². The maximum absolute atomic E-state index is 12.4. The Kier molecular flexibility index (Phi) is 4.70. The highest BCUT2D eigenvalue weighted by atomic mass is 32.2. The highest BCUT2D eigenvalue weighted by Crippen LogP contribution is 2.23. The topological polar surface area (TPSA) is 91.1 Å². The van der Waals surface area contributed by atoms with E-state index in [1.54, 1.807) is 0 Å². The lowest BCUT2D eigenvalue weighted by Crippen LogP contribution is -2.35. The van der Waals surface area contributed by atoms with Crippen LogP contribution in [0.15, 0.2) is 15.4 Å². The predicted molar refractivity (Wildman–Crippen MR) is 75.9 cm³/mol. The molecule has 0 bridgehead atoms. The summed E-state index contributed by atoms with van der Waals surface area (Å²) < 4.78 is 31.1. The van der Waals surface area contributed by atoms with Crippen LogP contribution in [0.5, 0.6) is 0 Å². The van der Waals surface area contributed by atoms with Crippen molar-refractivity contribution in [1.82, 2.24) is 9.21 Å². The summed E-state index contributed by atoms with van der Waals surface area (Å²) in [6.07, 6.45) is 2.30. The molecule has 0 radical (unpaired) electrons. The van der Waals surface area contributed by atoms with Crippen molar-refractivity contribution < 1.29 is 22.7 Å². The minimum atomic E-state index is -3.72. The molecule has 0 aromatic carbocycles. The molecule has 2 rings (SSSR count). The van der Waals surface area contributed by atoms with Gasteiger partial charge in [-0.25, -0.2) is 13.2 Å². The Bertz CT molecular complexity index is 617. The second-order valence-electron chi connectivity index (χ2n) is 5.21. The third-order valence-corrected chi connectivity index (χ3v) is 5.67. The Morgan fingerprint density at radius 2 is 2.05 bits per heavy atom. The van der Waals surface area contributed by atoms with E-state index in [0.29, 0.717) is 13.1 Å². The molecule has 0 saturated carbocycles. The lowest BCUT2D eigenvalue weighted by atomic mass is 10.4. The molecule has 0 aliphatic carbocycles. The van der Waals surface area contributed by atoms with Crippen molar-refractivity contribution in [1.29, 1.82) is 0 Å².